The van der Waals surface area contributed by atoms with Crippen LogP contribution in [0.2, 0.25) is 0 Å². The number of carbonyl (C=O) groups is 1. The zero-order chi connectivity index (χ0) is 18.0. The lowest BCUT2D eigenvalue weighted by molar-refractivity contribution is 0.0756. The Morgan fingerprint density at radius 3 is 2.50 bits per heavy atom. The molecule has 3 rings (SSSR count). The van der Waals surface area contributed by atoms with E-state index in [-0.39, 0.29) is 35.3 Å². The van der Waals surface area contributed by atoms with Gasteiger partial charge in [0.25, 0.3) is 5.91 Å². The highest BCUT2D eigenvalue weighted by molar-refractivity contribution is 7.89. The van der Waals surface area contributed by atoms with Gasteiger partial charge in [0.1, 0.15) is 0 Å². The van der Waals surface area contributed by atoms with Gasteiger partial charge in [-0.15, -0.1) is 12.4 Å². The van der Waals surface area contributed by atoms with E-state index in [0.29, 0.717) is 23.9 Å². The molecule has 0 heterocycles. The van der Waals surface area contributed by atoms with Crippen molar-refractivity contribution in [3.63, 3.8) is 0 Å². The van der Waals surface area contributed by atoms with Crippen LogP contribution < -0.4 is 15.8 Å². The van der Waals surface area contributed by atoms with Crippen LogP contribution >= 0.6 is 12.4 Å². The molecule has 0 aromatic heterocycles. The van der Waals surface area contributed by atoms with E-state index in [9.17, 15) is 13.2 Å². The maximum Gasteiger partial charge on any atom is 0.251 e. The molecule has 0 spiro atoms. The van der Waals surface area contributed by atoms with Gasteiger partial charge in [0.15, 0.2) is 0 Å². The van der Waals surface area contributed by atoms with Crippen LogP contribution in [0.1, 0.15) is 49.4 Å². The number of hydrogen-bond acceptors (Lipinski definition) is 4. The number of fused-ring (bicyclic) bond motifs is 2. The monoisotopic (exact) mass is 401 g/mol. The first-order valence-corrected chi connectivity index (χ1v) is 10.5. The Balaban J connectivity index is 0.00000243. The first kappa shape index (κ1) is 21.2. The van der Waals surface area contributed by atoms with Crippen molar-refractivity contribution in [2.75, 3.05) is 6.54 Å². The minimum Gasteiger partial charge on any atom is -0.349 e. The van der Waals surface area contributed by atoms with E-state index in [1.54, 1.807) is 19.1 Å². The molecular formula is C18H28ClN3O3S. The highest BCUT2D eigenvalue weighted by atomic mass is 35.5. The molecule has 146 valence electrons. The van der Waals surface area contributed by atoms with E-state index in [0.717, 1.165) is 25.7 Å². The average molecular weight is 402 g/mol. The summed E-state index contributed by atoms with van der Waals surface area (Å²) < 4.78 is 26.7. The van der Waals surface area contributed by atoms with Crippen LogP contribution in [0.3, 0.4) is 0 Å². The number of amides is 1. The van der Waals surface area contributed by atoms with Gasteiger partial charge in [-0.3, -0.25) is 4.79 Å². The first-order chi connectivity index (χ1) is 11.9. The van der Waals surface area contributed by atoms with Crippen molar-refractivity contribution in [3.05, 3.63) is 29.8 Å². The third-order valence-electron chi connectivity index (χ3n) is 5.42. The summed E-state index contributed by atoms with van der Waals surface area (Å²) in [6.45, 7) is 2.03. The van der Waals surface area contributed by atoms with Crippen LogP contribution in [0, 0.1) is 11.8 Å². The third-order valence-corrected chi connectivity index (χ3v) is 6.96. The fourth-order valence-corrected chi connectivity index (χ4v) is 5.42. The highest BCUT2D eigenvalue weighted by Gasteiger charge is 2.40. The second kappa shape index (κ2) is 8.69. The smallest absolute Gasteiger partial charge is 0.251 e. The number of halogens is 1. The van der Waals surface area contributed by atoms with Crippen molar-refractivity contribution >= 4 is 28.3 Å². The molecule has 2 atom stereocenters. The number of sulfonamides is 1. The molecule has 2 saturated carbocycles. The van der Waals surface area contributed by atoms with Gasteiger partial charge < -0.3 is 11.1 Å². The van der Waals surface area contributed by atoms with E-state index in [4.69, 9.17) is 5.73 Å². The van der Waals surface area contributed by atoms with E-state index in [2.05, 4.69) is 10.0 Å². The third kappa shape index (κ3) is 4.57. The summed E-state index contributed by atoms with van der Waals surface area (Å²) in [5, 5.41) is 3.16. The SMILES string of the molecule is CCNS(=O)(=O)c1cccc(C(=O)NC2C3CCCC2CC(N)C3)c1.Cl. The summed E-state index contributed by atoms with van der Waals surface area (Å²) in [6, 6.07) is 6.59. The molecule has 4 N–H and O–H groups in total. The fourth-order valence-electron chi connectivity index (χ4n) is 4.34. The van der Waals surface area contributed by atoms with Gasteiger partial charge in [0, 0.05) is 24.2 Å². The lowest BCUT2D eigenvalue weighted by Crippen LogP contribution is -2.53. The normalized spacial score (nSPS) is 28.1. The number of nitrogens with one attached hydrogen (secondary N) is 2. The highest BCUT2D eigenvalue weighted by Crippen LogP contribution is 2.39. The number of rotatable bonds is 5. The van der Waals surface area contributed by atoms with Crippen molar-refractivity contribution in [1.82, 2.24) is 10.0 Å². The van der Waals surface area contributed by atoms with Crippen molar-refractivity contribution in [3.8, 4) is 0 Å². The second-order valence-corrected chi connectivity index (χ2v) is 8.98. The summed E-state index contributed by atoms with van der Waals surface area (Å²) in [5.41, 5.74) is 6.52. The van der Waals surface area contributed by atoms with Crippen LogP contribution in [0.4, 0.5) is 0 Å². The Morgan fingerprint density at radius 2 is 1.88 bits per heavy atom. The zero-order valence-corrected chi connectivity index (χ0v) is 16.6. The molecule has 1 amide bonds. The van der Waals surface area contributed by atoms with Crippen molar-refractivity contribution in [2.24, 2.45) is 17.6 Å². The Kier molecular flexibility index (Phi) is 7.07. The Bertz CT molecular complexity index is 727. The molecule has 8 heteroatoms. The van der Waals surface area contributed by atoms with Crippen molar-refractivity contribution in [2.45, 2.75) is 56.0 Å². The van der Waals surface area contributed by atoms with Crippen LogP contribution in [0.25, 0.3) is 0 Å². The zero-order valence-electron chi connectivity index (χ0n) is 15.0. The summed E-state index contributed by atoms with van der Waals surface area (Å²) in [5.74, 6) is 0.658. The largest absolute Gasteiger partial charge is 0.349 e. The molecule has 0 radical (unpaired) electrons. The Labute approximate surface area is 161 Å². The van der Waals surface area contributed by atoms with Crippen LogP contribution in [-0.2, 0) is 10.0 Å². The molecule has 2 unspecified atom stereocenters. The summed E-state index contributed by atoms with van der Waals surface area (Å²) >= 11 is 0. The van der Waals surface area contributed by atoms with Crippen molar-refractivity contribution in [1.29, 1.82) is 0 Å². The minimum atomic E-state index is -3.57. The number of benzene rings is 1. The first-order valence-electron chi connectivity index (χ1n) is 9.07. The Hall–Kier alpha value is -1.15. The quantitative estimate of drug-likeness (QED) is 0.702. The molecular weight excluding hydrogens is 374 g/mol. The molecule has 1 aromatic rings. The maximum absolute atomic E-state index is 12.7. The standard InChI is InChI=1S/C18H27N3O3S.ClH/c1-2-20-25(23,24)16-8-4-7-14(11-16)18(22)21-17-12-5-3-6-13(17)10-15(19)9-12;/h4,7-8,11-13,15,17,20H,2-3,5-6,9-10,19H2,1H3,(H,21,22);1H. The van der Waals surface area contributed by atoms with Crippen molar-refractivity contribution < 1.29 is 13.2 Å². The van der Waals surface area contributed by atoms with Gasteiger partial charge in [-0.2, -0.15) is 0 Å². The second-order valence-electron chi connectivity index (χ2n) is 7.21. The molecule has 2 bridgehead atoms. The molecule has 2 aliphatic carbocycles. The molecule has 2 fully saturated rings. The maximum atomic E-state index is 12.7. The number of hydrogen-bond donors (Lipinski definition) is 3. The van der Waals surface area contributed by atoms with Crippen LogP contribution in [0.15, 0.2) is 29.2 Å². The van der Waals surface area contributed by atoms with E-state index < -0.39 is 10.0 Å². The van der Waals surface area contributed by atoms with Gasteiger partial charge in [0.05, 0.1) is 4.90 Å². The van der Waals surface area contributed by atoms with Gasteiger partial charge in [-0.25, -0.2) is 13.1 Å². The molecule has 0 saturated heterocycles. The van der Waals surface area contributed by atoms with E-state index >= 15 is 0 Å². The van der Waals surface area contributed by atoms with Crippen LogP contribution in [-0.4, -0.2) is 33.0 Å². The summed E-state index contributed by atoms with van der Waals surface area (Å²) in [7, 11) is -3.57. The lowest BCUT2D eigenvalue weighted by atomic mass is 9.67. The number of carbonyl (C=O) groups excluding carboxylic acids is 1. The van der Waals surface area contributed by atoms with E-state index in [1.807, 2.05) is 0 Å². The molecule has 2 aliphatic rings. The number of nitrogens with two attached hydrogens (primary N) is 1. The molecule has 0 aliphatic heterocycles. The van der Waals surface area contributed by atoms with Crippen LogP contribution in [0.5, 0.6) is 0 Å². The van der Waals surface area contributed by atoms with Gasteiger partial charge in [0.2, 0.25) is 10.0 Å². The lowest BCUT2D eigenvalue weighted by Gasteiger charge is -2.45. The predicted octanol–water partition coefficient (Wildman–Crippen LogP) is 2.04. The van der Waals surface area contributed by atoms with Gasteiger partial charge in [-0.1, -0.05) is 19.4 Å². The summed E-state index contributed by atoms with van der Waals surface area (Å²) in [6.07, 6.45) is 5.31. The summed E-state index contributed by atoms with van der Waals surface area (Å²) in [4.78, 5) is 12.8. The Morgan fingerprint density at radius 1 is 1.23 bits per heavy atom. The molecule has 6 nitrogen and oxygen atoms in total. The average Bonchev–Trinajstić information content (AvgIpc) is 2.56. The fraction of sp³-hybridized carbons (Fsp3) is 0.611. The van der Waals surface area contributed by atoms with E-state index in [1.165, 1.54) is 18.6 Å². The van der Waals surface area contributed by atoms with Gasteiger partial charge >= 0.3 is 0 Å². The molecule has 1 aromatic carbocycles. The van der Waals surface area contributed by atoms with Gasteiger partial charge in [-0.05, 0) is 55.7 Å². The minimum absolute atomic E-state index is 0. The topological polar surface area (TPSA) is 101 Å². The molecule has 26 heavy (non-hydrogen) atoms. The predicted molar refractivity (Wildman–Crippen MR) is 104 cm³/mol.